The van der Waals surface area contributed by atoms with Crippen molar-refractivity contribution in [3.8, 4) is 0 Å². The second-order valence-electron chi connectivity index (χ2n) is 7.99. The zero-order chi connectivity index (χ0) is 20.6. The van der Waals surface area contributed by atoms with Crippen LogP contribution in [-0.4, -0.2) is 53.9 Å². The maximum absolute atomic E-state index is 4.95. The van der Waals surface area contributed by atoms with E-state index in [-0.39, 0.29) is 0 Å². The van der Waals surface area contributed by atoms with Crippen molar-refractivity contribution in [3.63, 3.8) is 0 Å². The molecule has 1 saturated heterocycles. The summed E-state index contributed by atoms with van der Waals surface area (Å²) in [7, 11) is 2.25. The van der Waals surface area contributed by atoms with E-state index in [9.17, 15) is 0 Å². The molecular formula is C22H36N6S. The molecule has 0 aliphatic carbocycles. The van der Waals surface area contributed by atoms with Crippen LogP contribution in [0.5, 0.6) is 0 Å². The number of piperidine rings is 1. The van der Waals surface area contributed by atoms with Gasteiger partial charge in [-0.25, -0.2) is 0 Å². The normalized spacial score (nSPS) is 20.8. The summed E-state index contributed by atoms with van der Waals surface area (Å²) in [5.41, 5.74) is 2.31. The molecule has 0 saturated carbocycles. The molecule has 7 heteroatoms. The Bertz CT molecular complexity index is 766. The number of likely N-dealkylation sites (tertiary alicyclic amines) is 1. The number of guanidine groups is 1. The van der Waals surface area contributed by atoms with E-state index >= 15 is 0 Å². The third-order valence-corrected chi connectivity index (χ3v) is 6.56. The predicted octanol–water partition coefficient (Wildman–Crippen LogP) is 3.59. The highest BCUT2D eigenvalue weighted by Gasteiger charge is 2.31. The molecule has 0 amide bonds. The Kier molecular flexibility index (Phi) is 8.12. The molecule has 2 aromatic heterocycles. The van der Waals surface area contributed by atoms with Crippen molar-refractivity contribution in [3.05, 3.63) is 39.8 Å². The molecule has 0 radical (unpaired) electrons. The lowest BCUT2D eigenvalue weighted by Crippen LogP contribution is -2.40. The third kappa shape index (κ3) is 6.06. The Morgan fingerprint density at radius 1 is 1.34 bits per heavy atom. The standard InChI is InChI=1S/C22H36N6S/c1-5-23-22(24-11-8-13-28-18(3)15-17(2)26-28)25-16-19-9-6-12-27(4)21(19)20-10-7-14-29-20/h7,10,14-15,19,21H,5-6,8-9,11-13,16H2,1-4H3,(H2,23,24,25). The lowest BCUT2D eigenvalue weighted by atomic mass is 9.88. The van der Waals surface area contributed by atoms with Crippen molar-refractivity contribution in [2.24, 2.45) is 10.9 Å². The van der Waals surface area contributed by atoms with E-state index < -0.39 is 0 Å². The zero-order valence-electron chi connectivity index (χ0n) is 18.3. The second-order valence-corrected chi connectivity index (χ2v) is 8.97. The fourth-order valence-corrected chi connectivity index (χ4v) is 5.23. The van der Waals surface area contributed by atoms with Gasteiger partial charge in [-0.15, -0.1) is 11.3 Å². The monoisotopic (exact) mass is 416 g/mol. The molecule has 1 aliphatic heterocycles. The number of aromatic nitrogens is 2. The minimum Gasteiger partial charge on any atom is -0.357 e. The first-order valence-electron chi connectivity index (χ1n) is 10.9. The van der Waals surface area contributed by atoms with Crippen LogP contribution in [0.15, 0.2) is 28.6 Å². The molecule has 3 rings (SSSR count). The van der Waals surface area contributed by atoms with Crippen molar-refractivity contribution >= 4 is 17.3 Å². The smallest absolute Gasteiger partial charge is 0.191 e. The molecule has 2 N–H and O–H groups in total. The summed E-state index contributed by atoms with van der Waals surface area (Å²) < 4.78 is 2.09. The lowest BCUT2D eigenvalue weighted by molar-refractivity contribution is 0.128. The molecule has 0 aromatic carbocycles. The topological polar surface area (TPSA) is 57.5 Å². The van der Waals surface area contributed by atoms with Gasteiger partial charge >= 0.3 is 0 Å². The van der Waals surface area contributed by atoms with Gasteiger partial charge in [0, 0.05) is 42.8 Å². The van der Waals surface area contributed by atoms with Crippen LogP contribution in [0.1, 0.15) is 48.5 Å². The minimum atomic E-state index is 0.487. The number of rotatable bonds is 8. The molecule has 1 aliphatic rings. The van der Waals surface area contributed by atoms with E-state index in [4.69, 9.17) is 4.99 Å². The van der Waals surface area contributed by atoms with Crippen molar-refractivity contribution in [1.82, 2.24) is 25.3 Å². The van der Waals surface area contributed by atoms with Gasteiger partial charge in [0.2, 0.25) is 0 Å². The summed E-state index contributed by atoms with van der Waals surface area (Å²) in [6.07, 6.45) is 3.52. The molecule has 160 valence electrons. The van der Waals surface area contributed by atoms with E-state index in [0.29, 0.717) is 12.0 Å². The molecule has 29 heavy (non-hydrogen) atoms. The van der Waals surface area contributed by atoms with Crippen molar-refractivity contribution in [2.45, 2.75) is 52.6 Å². The number of nitrogens with zero attached hydrogens (tertiary/aromatic N) is 4. The average Bonchev–Trinajstić information content (AvgIpc) is 3.32. The largest absolute Gasteiger partial charge is 0.357 e. The number of hydrogen-bond donors (Lipinski definition) is 2. The molecule has 3 heterocycles. The van der Waals surface area contributed by atoms with Crippen LogP contribution in [0.4, 0.5) is 0 Å². The summed E-state index contributed by atoms with van der Waals surface area (Å²) >= 11 is 1.87. The fourth-order valence-electron chi connectivity index (χ4n) is 4.25. The Morgan fingerprint density at radius 3 is 2.90 bits per heavy atom. The third-order valence-electron chi connectivity index (χ3n) is 5.61. The van der Waals surface area contributed by atoms with Gasteiger partial charge in [0.25, 0.3) is 0 Å². The van der Waals surface area contributed by atoms with E-state index in [1.54, 1.807) is 0 Å². The van der Waals surface area contributed by atoms with Crippen LogP contribution in [0.2, 0.25) is 0 Å². The van der Waals surface area contributed by atoms with Gasteiger partial charge in [0.1, 0.15) is 0 Å². The highest BCUT2D eigenvalue weighted by Crippen LogP contribution is 2.37. The quantitative estimate of drug-likeness (QED) is 0.392. The summed E-state index contributed by atoms with van der Waals surface area (Å²) in [5, 5.41) is 13.6. The van der Waals surface area contributed by atoms with Gasteiger partial charge in [-0.1, -0.05) is 6.07 Å². The second kappa shape index (κ2) is 10.8. The molecular weight excluding hydrogens is 380 g/mol. The van der Waals surface area contributed by atoms with Crippen LogP contribution >= 0.6 is 11.3 Å². The van der Waals surface area contributed by atoms with Crippen molar-refractivity contribution in [2.75, 3.05) is 33.2 Å². The van der Waals surface area contributed by atoms with Gasteiger partial charge in [-0.2, -0.15) is 5.10 Å². The van der Waals surface area contributed by atoms with Crippen LogP contribution in [0.25, 0.3) is 0 Å². The zero-order valence-corrected chi connectivity index (χ0v) is 19.1. The number of hydrogen-bond acceptors (Lipinski definition) is 4. The Labute approximate surface area is 179 Å². The van der Waals surface area contributed by atoms with Gasteiger partial charge in [-0.05, 0) is 77.1 Å². The van der Waals surface area contributed by atoms with E-state index in [1.807, 2.05) is 18.3 Å². The molecule has 1 fully saturated rings. The number of nitrogens with one attached hydrogen (secondary N) is 2. The van der Waals surface area contributed by atoms with Gasteiger partial charge in [0.15, 0.2) is 5.96 Å². The Hall–Kier alpha value is -1.86. The predicted molar refractivity (Wildman–Crippen MR) is 123 cm³/mol. The van der Waals surface area contributed by atoms with E-state index in [1.165, 1.54) is 30.0 Å². The van der Waals surface area contributed by atoms with Gasteiger partial charge in [-0.3, -0.25) is 14.6 Å². The first-order chi connectivity index (χ1) is 14.1. The lowest BCUT2D eigenvalue weighted by Gasteiger charge is -2.38. The van der Waals surface area contributed by atoms with E-state index in [2.05, 4.69) is 69.8 Å². The molecule has 2 unspecified atom stereocenters. The molecule has 0 spiro atoms. The Morgan fingerprint density at radius 2 is 2.21 bits per heavy atom. The van der Waals surface area contributed by atoms with Gasteiger partial charge < -0.3 is 10.6 Å². The number of thiophene rings is 1. The first-order valence-corrected chi connectivity index (χ1v) is 11.7. The van der Waals surface area contributed by atoms with Crippen molar-refractivity contribution in [1.29, 1.82) is 0 Å². The maximum atomic E-state index is 4.95. The number of aliphatic imine (C=N–C) groups is 1. The highest BCUT2D eigenvalue weighted by atomic mass is 32.1. The highest BCUT2D eigenvalue weighted by molar-refractivity contribution is 7.10. The van der Waals surface area contributed by atoms with Crippen LogP contribution < -0.4 is 10.6 Å². The van der Waals surface area contributed by atoms with Gasteiger partial charge in [0.05, 0.1) is 5.69 Å². The SMILES string of the molecule is CCNC(=NCC1CCCN(C)C1c1cccs1)NCCCn1nc(C)cc1C. The summed E-state index contributed by atoms with van der Waals surface area (Å²) in [6, 6.07) is 7.05. The van der Waals surface area contributed by atoms with Crippen molar-refractivity contribution < 1.29 is 0 Å². The van der Waals surface area contributed by atoms with Crippen LogP contribution in [-0.2, 0) is 6.54 Å². The molecule has 2 atom stereocenters. The van der Waals surface area contributed by atoms with Crippen LogP contribution in [0.3, 0.4) is 0 Å². The summed E-state index contributed by atoms with van der Waals surface area (Å²) in [5.74, 6) is 1.50. The maximum Gasteiger partial charge on any atom is 0.191 e. The average molecular weight is 417 g/mol. The van der Waals surface area contributed by atoms with E-state index in [0.717, 1.165) is 44.3 Å². The Balaban J connectivity index is 1.54. The fraction of sp³-hybridized carbons (Fsp3) is 0.636. The summed E-state index contributed by atoms with van der Waals surface area (Å²) in [6.45, 7) is 11.0. The molecule has 2 aromatic rings. The summed E-state index contributed by atoms with van der Waals surface area (Å²) in [4.78, 5) is 8.92. The molecule has 0 bridgehead atoms. The van der Waals surface area contributed by atoms with Crippen LogP contribution in [0, 0.1) is 19.8 Å². The minimum absolute atomic E-state index is 0.487. The number of aryl methyl sites for hydroxylation is 3. The molecule has 6 nitrogen and oxygen atoms in total. The first kappa shape index (κ1) is 21.8.